The lowest BCUT2D eigenvalue weighted by Gasteiger charge is -2.59. The van der Waals surface area contributed by atoms with E-state index in [1.54, 1.807) is 19.1 Å². The molecule has 0 saturated heterocycles. The molecule has 8 nitrogen and oxygen atoms in total. The first-order valence-corrected chi connectivity index (χ1v) is 11.4. The molecule has 0 amide bonds. The van der Waals surface area contributed by atoms with Gasteiger partial charge in [-0.25, -0.2) is 9.59 Å². The Bertz CT molecular complexity index is 877. The van der Waals surface area contributed by atoms with Gasteiger partial charge in [0, 0.05) is 16.7 Å². The number of carbonyl (C=O) groups excluding carboxylic acids is 3. The Hall–Kier alpha value is -2.19. The zero-order chi connectivity index (χ0) is 23.3. The van der Waals surface area contributed by atoms with Crippen molar-refractivity contribution in [2.75, 3.05) is 13.4 Å². The van der Waals surface area contributed by atoms with Gasteiger partial charge in [-0.1, -0.05) is 25.5 Å². The van der Waals surface area contributed by atoms with Crippen molar-refractivity contribution < 1.29 is 38.8 Å². The largest absolute Gasteiger partial charge is 0.509 e. The quantitative estimate of drug-likeness (QED) is 0.498. The summed E-state index contributed by atoms with van der Waals surface area (Å²) in [5, 5.41) is 20.7. The van der Waals surface area contributed by atoms with Crippen LogP contribution in [0.1, 0.15) is 52.9 Å². The highest BCUT2D eigenvalue weighted by molar-refractivity contribution is 6.01. The molecule has 0 radical (unpaired) electrons. The van der Waals surface area contributed by atoms with Crippen LogP contribution in [0.15, 0.2) is 23.8 Å². The zero-order valence-electron chi connectivity index (χ0n) is 18.8. The first-order valence-electron chi connectivity index (χ1n) is 11.4. The molecule has 0 heterocycles. The van der Waals surface area contributed by atoms with E-state index in [2.05, 4.69) is 6.92 Å². The minimum atomic E-state index is -1.64. The van der Waals surface area contributed by atoms with Crippen LogP contribution in [0.5, 0.6) is 0 Å². The Labute approximate surface area is 187 Å². The standard InChI is InChI=1S/C24H32O8/c1-4-30-21(29)32-24(20(28)31-13-25)10-8-17-16-6-5-14-11-15(26)7-9-22(14,2)19(16)18(27)12-23(17,24)3/h7,9,11,16-19,25,27H,4-6,8,10,12-13H2,1-3H3. The Balaban J connectivity index is 1.73. The average Bonchev–Trinajstić information content (AvgIpc) is 3.01. The number of allylic oxidation sites excluding steroid dienone is 4. The zero-order valence-corrected chi connectivity index (χ0v) is 18.8. The highest BCUT2D eigenvalue weighted by Crippen LogP contribution is 2.68. The summed E-state index contributed by atoms with van der Waals surface area (Å²) in [6, 6.07) is 0. The SMILES string of the molecule is CCOC(=O)OC1(C(=O)OCO)CCC2C3CCC4=CC(=O)C=CC4(C)C3C(O)CC21C. The average molecular weight is 449 g/mol. The van der Waals surface area contributed by atoms with Crippen LogP contribution in [-0.2, 0) is 23.8 Å². The molecule has 4 aliphatic rings. The first kappa shape index (κ1) is 23.0. The van der Waals surface area contributed by atoms with Gasteiger partial charge in [-0.2, -0.15) is 0 Å². The summed E-state index contributed by atoms with van der Waals surface area (Å²) in [5.41, 5.74) is -1.93. The van der Waals surface area contributed by atoms with Crippen LogP contribution in [0.25, 0.3) is 0 Å². The molecule has 176 valence electrons. The predicted octanol–water partition coefficient (Wildman–Crippen LogP) is 2.67. The summed E-state index contributed by atoms with van der Waals surface area (Å²) in [6.07, 6.45) is 6.03. The van der Waals surface area contributed by atoms with E-state index in [0.29, 0.717) is 6.42 Å². The fourth-order valence-electron chi connectivity index (χ4n) is 7.32. The van der Waals surface area contributed by atoms with Crippen molar-refractivity contribution in [3.8, 4) is 0 Å². The number of esters is 1. The van der Waals surface area contributed by atoms with Gasteiger partial charge in [-0.05, 0) is 63.0 Å². The molecule has 0 aromatic rings. The summed E-state index contributed by atoms with van der Waals surface area (Å²) in [7, 11) is 0. The van der Waals surface area contributed by atoms with Crippen LogP contribution in [0.2, 0.25) is 0 Å². The third kappa shape index (κ3) is 3.14. The van der Waals surface area contributed by atoms with Crippen LogP contribution in [0.3, 0.4) is 0 Å². The Kier molecular flexibility index (Phi) is 5.74. The summed E-state index contributed by atoms with van der Waals surface area (Å²) < 4.78 is 15.6. The van der Waals surface area contributed by atoms with Gasteiger partial charge in [0.25, 0.3) is 0 Å². The summed E-state index contributed by atoms with van der Waals surface area (Å²) in [5.74, 6) is -0.897. The van der Waals surface area contributed by atoms with Crippen LogP contribution >= 0.6 is 0 Å². The van der Waals surface area contributed by atoms with E-state index < -0.39 is 41.5 Å². The van der Waals surface area contributed by atoms with E-state index >= 15 is 0 Å². The molecule has 7 unspecified atom stereocenters. The van der Waals surface area contributed by atoms with Crippen LogP contribution in [0, 0.1) is 28.6 Å². The van der Waals surface area contributed by atoms with Crippen LogP contribution < -0.4 is 0 Å². The van der Waals surface area contributed by atoms with Gasteiger partial charge in [-0.15, -0.1) is 0 Å². The van der Waals surface area contributed by atoms with Crippen molar-refractivity contribution in [3.63, 3.8) is 0 Å². The fourth-order valence-corrected chi connectivity index (χ4v) is 7.32. The molecule has 32 heavy (non-hydrogen) atoms. The maximum atomic E-state index is 13.1. The van der Waals surface area contributed by atoms with E-state index in [-0.39, 0.29) is 43.0 Å². The molecule has 4 aliphatic carbocycles. The number of ether oxygens (including phenoxy) is 3. The lowest BCUT2D eigenvalue weighted by molar-refractivity contribution is -0.206. The van der Waals surface area contributed by atoms with Crippen LogP contribution in [0.4, 0.5) is 4.79 Å². The maximum absolute atomic E-state index is 13.1. The van der Waals surface area contributed by atoms with Gasteiger partial charge in [0.15, 0.2) is 12.6 Å². The lowest BCUT2D eigenvalue weighted by Crippen LogP contribution is -2.62. The summed E-state index contributed by atoms with van der Waals surface area (Å²) in [6.45, 7) is 4.85. The minimum absolute atomic E-state index is 0.0130. The first-order chi connectivity index (χ1) is 15.1. The van der Waals surface area contributed by atoms with Gasteiger partial charge in [0.2, 0.25) is 5.60 Å². The van der Waals surface area contributed by atoms with Gasteiger partial charge < -0.3 is 24.4 Å². The van der Waals surface area contributed by atoms with E-state index in [1.165, 1.54) is 0 Å². The van der Waals surface area contributed by atoms with E-state index in [0.717, 1.165) is 18.4 Å². The highest BCUT2D eigenvalue weighted by atomic mass is 16.7. The molecule has 0 spiro atoms. The van der Waals surface area contributed by atoms with Crippen molar-refractivity contribution in [3.05, 3.63) is 23.8 Å². The van der Waals surface area contributed by atoms with E-state index in [4.69, 9.17) is 14.2 Å². The third-order valence-electron chi connectivity index (χ3n) is 8.66. The van der Waals surface area contributed by atoms with Crippen molar-refractivity contribution in [1.82, 2.24) is 0 Å². The minimum Gasteiger partial charge on any atom is -0.436 e. The number of ketones is 1. The van der Waals surface area contributed by atoms with E-state index in [9.17, 15) is 24.6 Å². The molecule has 8 heteroatoms. The molecule has 0 aromatic carbocycles. The molecule has 0 bridgehead atoms. The predicted molar refractivity (Wildman–Crippen MR) is 112 cm³/mol. The second-order valence-electron chi connectivity index (χ2n) is 9.92. The molecule has 7 atom stereocenters. The number of aliphatic hydroxyl groups is 2. The molecule has 0 aliphatic heterocycles. The Morgan fingerprint density at radius 3 is 2.66 bits per heavy atom. The summed E-state index contributed by atoms with van der Waals surface area (Å²) in [4.78, 5) is 37.4. The Morgan fingerprint density at radius 2 is 1.97 bits per heavy atom. The van der Waals surface area contributed by atoms with Crippen molar-refractivity contribution in [2.24, 2.45) is 28.6 Å². The Morgan fingerprint density at radius 1 is 1.22 bits per heavy atom. The number of carbonyl (C=O) groups is 3. The number of rotatable bonds is 4. The molecule has 3 saturated carbocycles. The third-order valence-corrected chi connectivity index (χ3v) is 8.66. The lowest BCUT2D eigenvalue weighted by atomic mass is 9.46. The number of aliphatic hydroxyl groups excluding tert-OH is 2. The van der Waals surface area contributed by atoms with Gasteiger partial charge in [0.1, 0.15) is 0 Å². The molecular formula is C24H32O8. The van der Waals surface area contributed by atoms with Crippen molar-refractivity contribution in [2.45, 2.75) is 64.6 Å². The van der Waals surface area contributed by atoms with Crippen molar-refractivity contribution in [1.29, 1.82) is 0 Å². The number of fused-ring (bicyclic) bond motifs is 5. The van der Waals surface area contributed by atoms with Crippen LogP contribution in [-0.4, -0.2) is 53.2 Å². The topological polar surface area (TPSA) is 119 Å². The second kappa shape index (κ2) is 7.99. The molecule has 4 rings (SSSR count). The summed E-state index contributed by atoms with van der Waals surface area (Å²) >= 11 is 0. The molecule has 2 N–H and O–H groups in total. The van der Waals surface area contributed by atoms with E-state index in [1.807, 2.05) is 13.0 Å². The monoisotopic (exact) mass is 448 g/mol. The number of hydrogen-bond donors (Lipinski definition) is 2. The maximum Gasteiger partial charge on any atom is 0.509 e. The smallest absolute Gasteiger partial charge is 0.436 e. The van der Waals surface area contributed by atoms with Gasteiger partial charge in [-0.3, -0.25) is 4.79 Å². The highest BCUT2D eigenvalue weighted by Gasteiger charge is 2.71. The molecular weight excluding hydrogens is 416 g/mol. The second-order valence-corrected chi connectivity index (χ2v) is 9.92. The van der Waals surface area contributed by atoms with Gasteiger partial charge >= 0.3 is 12.1 Å². The normalized spacial score (nSPS) is 42.3. The van der Waals surface area contributed by atoms with Crippen molar-refractivity contribution >= 4 is 17.9 Å². The fraction of sp³-hybridized carbons (Fsp3) is 0.708. The molecule has 3 fully saturated rings. The van der Waals surface area contributed by atoms with Gasteiger partial charge in [0.05, 0.1) is 12.7 Å². The molecule has 0 aromatic heterocycles. The number of hydrogen-bond acceptors (Lipinski definition) is 8.